The van der Waals surface area contributed by atoms with Gasteiger partial charge in [-0.2, -0.15) is 13.2 Å². The molecule has 0 spiro atoms. The molecule has 126 valence electrons. The topological polar surface area (TPSA) is 51.2 Å². The lowest BCUT2D eigenvalue weighted by Gasteiger charge is -2.70. The van der Waals surface area contributed by atoms with E-state index in [0.717, 1.165) is 6.07 Å². The number of ether oxygens (including phenoxy) is 1. The molecule has 23 heavy (non-hydrogen) atoms. The first-order valence-electron chi connectivity index (χ1n) is 7.49. The first kappa shape index (κ1) is 16.1. The number of rotatable bonds is 2. The van der Waals surface area contributed by atoms with Crippen molar-refractivity contribution in [3.05, 3.63) is 29.6 Å². The Bertz CT molecular complexity index is 630. The first-order valence-corrected chi connectivity index (χ1v) is 7.49. The molecule has 0 aromatic carbocycles. The van der Waals surface area contributed by atoms with Gasteiger partial charge in [0.05, 0.1) is 0 Å². The van der Waals surface area contributed by atoms with Crippen LogP contribution in [0.1, 0.15) is 51.4 Å². The minimum Gasteiger partial charge on any atom is -0.444 e. The molecule has 0 atom stereocenters. The molecule has 0 saturated heterocycles. The quantitative estimate of drug-likeness (QED) is 0.898. The van der Waals surface area contributed by atoms with Gasteiger partial charge < -0.3 is 10.1 Å². The van der Waals surface area contributed by atoms with Gasteiger partial charge in [0.25, 0.3) is 0 Å². The maximum atomic E-state index is 12.8. The number of halogens is 3. The summed E-state index contributed by atoms with van der Waals surface area (Å²) in [5, 5.41) is 2.84. The molecule has 0 aliphatic heterocycles. The highest BCUT2D eigenvalue weighted by Gasteiger charge is 2.70. The Morgan fingerprint density at radius 2 is 1.83 bits per heavy atom. The maximum Gasteiger partial charge on any atom is 0.433 e. The lowest BCUT2D eigenvalue weighted by atomic mass is 9.38. The molecule has 0 radical (unpaired) electrons. The van der Waals surface area contributed by atoms with Crippen LogP contribution >= 0.6 is 0 Å². The third kappa shape index (κ3) is 2.88. The van der Waals surface area contributed by atoms with Gasteiger partial charge in [-0.05, 0) is 52.2 Å². The number of amides is 1. The van der Waals surface area contributed by atoms with Crippen molar-refractivity contribution in [1.82, 2.24) is 10.3 Å². The minimum atomic E-state index is -4.44. The van der Waals surface area contributed by atoms with E-state index in [0.29, 0.717) is 25.0 Å². The predicted octanol–water partition coefficient (Wildman–Crippen LogP) is 3.80. The van der Waals surface area contributed by atoms with Crippen LogP contribution in [0.25, 0.3) is 0 Å². The molecule has 3 saturated carbocycles. The van der Waals surface area contributed by atoms with Crippen molar-refractivity contribution >= 4 is 6.09 Å². The third-order valence-electron chi connectivity index (χ3n) is 4.38. The van der Waals surface area contributed by atoms with E-state index in [-0.39, 0.29) is 11.0 Å². The Labute approximate surface area is 132 Å². The summed E-state index contributed by atoms with van der Waals surface area (Å²) in [4.78, 5) is 15.6. The number of nitrogens with one attached hydrogen (secondary N) is 1. The number of aromatic nitrogens is 1. The van der Waals surface area contributed by atoms with Gasteiger partial charge in [-0.15, -0.1) is 0 Å². The highest BCUT2D eigenvalue weighted by atomic mass is 19.4. The number of alkyl halides is 3. The zero-order chi connectivity index (χ0) is 17.1. The smallest absolute Gasteiger partial charge is 0.433 e. The molecule has 1 N–H and O–H groups in total. The van der Waals surface area contributed by atoms with Crippen LogP contribution < -0.4 is 5.32 Å². The molecule has 3 fully saturated rings. The summed E-state index contributed by atoms with van der Waals surface area (Å²) < 4.78 is 43.5. The number of alkyl carbamates (subject to hydrolysis) is 1. The SMILES string of the molecule is CC(C)(C)OC(=O)NC12CC(c3cccc(C(F)(F)F)n3)(C1)C2. The molecule has 1 heterocycles. The average molecular weight is 328 g/mol. The lowest BCUT2D eigenvalue weighted by Crippen LogP contribution is -2.77. The van der Waals surface area contributed by atoms with Gasteiger partial charge in [-0.3, -0.25) is 0 Å². The van der Waals surface area contributed by atoms with Crippen LogP contribution in [0.15, 0.2) is 18.2 Å². The summed E-state index contributed by atoms with van der Waals surface area (Å²) in [5.74, 6) is 0. The fourth-order valence-electron chi connectivity index (χ4n) is 3.60. The van der Waals surface area contributed by atoms with Crippen LogP contribution in [-0.4, -0.2) is 22.2 Å². The molecule has 3 aliphatic carbocycles. The average Bonchev–Trinajstić information content (AvgIpc) is 2.28. The van der Waals surface area contributed by atoms with Gasteiger partial charge >= 0.3 is 12.3 Å². The van der Waals surface area contributed by atoms with Crippen LogP contribution in [0.2, 0.25) is 0 Å². The van der Waals surface area contributed by atoms with E-state index in [2.05, 4.69) is 10.3 Å². The van der Waals surface area contributed by atoms with E-state index < -0.39 is 23.6 Å². The Kier molecular flexibility index (Phi) is 3.23. The predicted molar refractivity (Wildman–Crippen MR) is 76.9 cm³/mol. The minimum absolute atomic E-state index is 0.337. The largest absolute Gasteiger partial charge is 0.444 e. The zero-order valence-corrected chi connectivity index (χ0v) is 13.3. The Morgan fingerprint density at radius 1 is 1.22 bits per heavy atom. The van der Waals surface area contributed by atoms with Crippen molar-refractivity contribution in [2.75, 3.05) is 0 Å². The maximum absolute atomic E-state index is 12.8. The lowest BCUT2D eigenvalue weighted by molar-refractivity contribution is -0.142. The summed E-state index contributed by atoms with van der Waals surface area (Å²) >= 11 is 0. The molecular formula is C16H19F3N2O2. The number of pyridine rings is 1. The molecular weight excluding hydrogens is 309 g/mol. The van der Waals surface area contributed by atoms with Crippen LogP contribution in [0.4, 0.5) is 18.0 Å². The normalized spacial score (nSPS) is 29.3. The van der Waals surface area contributed by atoms with E-state index in [1.807, 2.05) is 0 Å². The third-order valence-corrected chi connectivity index (χ3v) is 4.38. The number of hydrogen-bond donors (Lipinski definition) is 1. The molecule has 1 aromatic rings. The van der Waals surface area contributed by atoms with Gasteiger partial charge in [0, 0.05) is 16.6 Å². The van der Waals surface area contributed by atoms with Gasteiger partial charge in [0.1, 0.15) is 11.3 Å². The van der Waals surface area contributed by atoms with E-state index in [4.69, 9.17) is 4.74 Å². The van der Waals surface area contributed by atoms with Gasteiger partial charge in [-0.1, -0.05) is 6.07 Å². The second-order valence-electron chi connectivity index (χ2n) is 7.62. The van der Waals surface area contributed by atoms with Crippen molar-refractivity contribution in [1.29, 1.82) is 0 Å². The van der Waals surface area contributed by atoms with Crippen LogP contribution in [0.5, 0.6) is 0 Å². The molecule has 7 heteroatoms. The van der Waals surface area contributed by atoms with Crippen molar-refractivity contribution < 1.29 is 22.7 Å². The molecule has 1 aromatic heterocycles. The number of nitrogens with zero attached hydrogens (tertiary/aromatic N) is 1. The van der Waals surface area contributed by atoms with Crippen molar-refractivity contribution in [2.24, 2.45) is 0 Å². The van der Waals surface area contributed by atoms with Crippen molar-refractivity contribution in [3.63, 3.8) is 0 Å². The fraction of sp³-hybridized carbons (Fsp3) is 0.625. The highest BCUT2D eigenvalue weighted by molar-refractivity contribution is 5.70. The van der Waals surface area contributed by atoms with Crippen LogP contribution in [-0.2, 0) is 16.3 Å². The Morgan fingerprint density at radius 3 is 2.35 bits per heavy atom. The summed E-state index contributed by atoms with van der Waals surface area (Å²) in [6.07, 6.45) is -3.11. The summed E-state index contributed by atoms with van der Waals surface area (Å²) in [5.41, 5.74) is -1.67. The summed E-state index contributed by atoms with van der Waals surface area (Å²) in [6.45, 7) is 5.34. The van der Waals surface area contributed by atoms with Crippen LogP contribution in [0, 0.1) is 0 Å². The number of hydrogen-bond acceptors (Lipinski definition) is 3. The van der Waals surface area contributed by atoms with E-state index >= 15 is 0 Å². The Balaban J connectivity index is 1.64. The van der Waals surface area contributed by atoms with E-state index in [1.54, 1.807) is 26.8 Å². The standard InChI is InChI=1S/C16H19F3N2O2/c1-13(2,3)23-12(22)21-15-7-14(8-15,9-15)10-5-4-6-11(20-10)16(17,18)19/h4-6H,7-9H2,1-3H3,(H,21,22). The Hall–Kier alpha value is -1.79. The summed E-state index contributed by atoms with van der Waals surface area (Å²) in [7, 11) is 0. The molecule has 4 rings (SSSR count). The zero-order valence-electron chi connectivity index (χ0n) is 13.3. The highest BCUT2D eigenvalue weighted by Crippen LogP contribution is 2.67. The molecule has 0 unspecified atom stereocenters. The molecule has 1 amide bonds. The second-order valence-corrected chi connectivity index (χ2v) is 7.62. The van der Waals surface area contributed by atoms with Crippen LogP contribution in [0.3, 0.4) is 0 Å². The van der Waals surface area contributed by atoms with Gasteiger partial charge in [-0.25, -0.2) is 9.78 Å². The van der Waals surface area contributed by atoms with Crippen molar-refractivity contribution in [3.8, 4) is 0 Å². The summed E-state index contributed by atoms with van der Waals surface area (Å²) in [6, 6.07) is 4.00. The molecule has 3 aliphatic rings. The van der Waals surface area contributed by atoms with Gasteiger partial charge in [0.2, 0.25) is 0 Å². The van der Waals surface area contributed by atoms with E-state index in [9.17, 15) is 18.0 Å². The molecule has 4 nitrogen and oxygen atoms in total. The number of carbonyl (C=O) groups excluding carboxylic acids is 1. The monoisotopic (exact) mass is 328 g/mol. The second kappa shape index (κ2) is 4.61. The number of carbonyl (C=O) groups is 1. The first-order chi connectivity index (χ1) is 10.4. The fourth-order valence-corrected chi connectivity index (χ4v) is 3.60. The van der Waals surface area contributed by atoms with Crippen molar-refractivity contribution in [2.45, 2.75) is 62.8 Å². The van der Waals surface area contributed by atoms with E-state index in [1.165, 1.54) is 6.07 Å². The van der Waals surface area contributed by atoms with Gasteiger partial charge in [0.15, 0.2) is 0 Å². The molecule has 2 bridgehead atoms.